The van der Waals surface area contributed by atoms with Gasteiger partial charge in [-0.3, -0.25) is 4.79 Å². The smallest absolute Gasteiger partial charge is 0.223 e. The van der Waals surface area contributed by atoms with E-state index in [-0.39, 0.29) is 17.9 Å². The zero-order valence-electron chi connectivity index (χ0n) is 9.96. The largest absolute Gasteiger partial charge is 0.356 e. The molecular weight excluding hydrogens is 188 g/mol. The second-order valence-electron chi connectivity index (χ2n) is 4.80. The Morgan fingerprint density at radius 1 is 1.47 bits per heavy atom. The molecule has 1 rings (SSSR count). The highest BCUT2D eigenvalue weighted by Crippen LogP contribution is 2.29. The number of nitrogens with one attached hydrogen (secondary N) is 1. The summed E-state index contributed by atoms with van der Waals surface area (Å²) < 4.78 is 0. The molecular formula is C12H24N2O. The van der Waals surface area contributed by atoms with Crippen molar-refractivity contribution in [3.63, 3.8) is 0 Å². The fraction of sp³-hybridized carbons (Fsp3) is 0.917. The van der Waals surface area contributed by atoms with E-state index in [1.165, 1.54) is 0 Å². The molecule has 3 nitrogen and oxygen atoms in total. The molecule has 1 aliphatic rings. The average Bonchev–Trinajstić information content (AvgIpc) is 2.22. The first kappa shape index (κ1) is 12.5. The predicted molar refractivity (Wildman–Crippen MR) is 62.4 cm³/mol. The summed E-state index contributed by atoms with van der Waals surface area (Å²) in [7, 11) is 0. The molecule has 0 radical (unpaired) electrons. The van der Waals surface area contributed by atoms with Gasteiger partial charge in [-0.15, -0.1) is 0 Å². The predicted octanol–water partition coefficient (Wildman–Crippen LogP) is 1.67. The van der Waals surface area contributed by atoms with E-state index in [1.54, 1.807) is 0 Å². The van der Waals surface area contributed by atoms with Crippen LogP contribution in [0.25, 0.3) is 0 Å². The van der Waals surface area contributed by atoms with Gasteiger partial charge in [0.05, 0.1) is 0 Å². The van der Waals surface area contributed by atoms with Gasteiger partial charge < -0.3 is 11.1 Å². The minimum atomic E-state index is 0.144. The van der Waals surface area contributed by atoms with Gasteiger partial charge >= 0.3 is 0 Å². The molecule has 0 aromatic heterocycles. The lowest BCUT2D eigenvalue weighted by Gasteiger charge is -2.31. The summed E-state index contributed by atoms with van der Waals surface area (Å²) in [5.41, 5.74) is 5.90. The highest BCUT2D eigenvalue weighted by molar-refractivity contribution is 5.79. The molecule has 1 aliphatic carbocycles. The monoisotopic (exact) mass is 212 g/mol. The summed E-state index contributed by atoms with van der Waals surface area (Å²) >= 11 is 0. The number of rotatable bonds is 4. The molecule has 3 heteroatoms. The van der Waals surface area contributed by atoms with Crippen LogP contribution in [0.1, 0.15) is 46.0 Å². The molecule has 3 atom stereocenters. The van der Waals surface area contributed by atoms with Gasteiger partial charge in [0, 0.05) is 18.5 Å². The van der Waals surface area contributed by atoms with Crippen LogP contribution in [-0.2, 0) is 4.79 Å². The Bertz CT molecular complexity index is 206. The number of amides is 1. The molecule has 1 saturated carbocycles. The van der Waals surface area contributed by atoms with Gasteiger partial charge in [0.1, 0.15) is 0 Å². The van der Waals surface area contributed by atoms with Gasteiger partial charge in [-0.1, -0.05) is 20.3 Å². The Kier molecular flexibility index (Phi) is 5.09. The van der Waals surface area contributed by atoms with Crippen LogP contribution in [0.4, 0.5) is 0 Å². The van der Waals surface area contributed by atoms with Gasteiger partial charge in [-0.25, -0.2) is 0 Å². The fourth-order valence-electron chi connectivity index (χ4n) is 2.24. The van der Waals surface area contributed by atoms with E-state index in [4.69, 9.17) is 5.73 Å². The van der Waals surface area contributed by atoms with Crippen molar-refractivity contribution in [2.75, 3.05) is 6.54 Å². The maximum absolute atomic E-state index is 11.9. The van der Waals surface area contributed by atoms with Crippen molar-refractivity contribution in [1.29, 1.82) is 0 Å². The van der Waals surface area contributed by atoms with E-state index >= 15 is 0 Å². The molecule has 88 valence electrons. The van der Waals surface area contributed by atoms with Crippen molar-refractivity contribution < 1.29 is 4.79 Å². The Morgan fingerprint density at radius 2 is 2.20 bits per heavy atom. The Morgan fingerprint density at radius 3 is 2.87 bits per heavy atom. The molecule has 0 aromatic rings. The summed E-state index contributed by atoms with van der Waals surface area (Å²) in [5, 5.41) is 3.01. The van der Waals surface area contributed by atoms with Crippen molar-refractivity contribution >= 4 is 5.91 Å². The first-order valence-corrected chi connectivity index (χ1v) is 6.18. The Labute approximate surface area is 92.8 Å². The van der Waals surface area contributed by atoms with Crippen molar-refractivity contribution in [3.8, 4) is 0 Å². The Hall–Kier alpha value is -0.570. The first-order valence-electron chi connectivity index (χ1n) is 6.18. The summed E-state index contributed by atoms with van der Waals surface area (Å²) in [6.07, 6.45) is 5.21. The average molecular weight is 212 g/mol. The molecule has 0 aliphatic heterocycles. The quantitative estimate of drug-likeness (QED) is 0.696. The van der Waals surface area contributed by atoms with Crippen molar-refractivity contribution in [3.05, 3.63) is 0 Å². The van der Waals surface area contributed by atoms with Crippen LogP contribution in [0.2, 0.25) is 0 Å². The maximum Gasteiger partial charge on any atom is 0.223 e. The summed E-state index contributed by atoms with van der Waals surface area (Å²) in [5.74, 6) is 0.850. The summed E-state index contributed by atoms with van der Waals surface area (Å²) in [6.45, 7) is 5.11. The van der Waals surface area contributed by atoms with Crippen molar-refractivity contribution in [2.24, 2.45) is 17.6 Å². The van der Waals surface area contributed by atoms with E-state index in [0.717, 1.165) is 38.6 Å². The normalized spacial score (nSPS) is 31.3. The topological polar surface area (TPSA) is 55.1 Å². The lowest BCUT2D eigenvalue weighted by Crippen LogP contribution is -2.41. The summed E-state index contributed by atoms with van der Waals surface area (Å²) in [4.78, 5) is 11.9. The van der Waals surface area contributed by atoms with Crippen LogP contribution in [0.3, 0.4) is 0 Å². The van der Waals surface area contributed by atoms with Crippen LogP contribution < -0.4 is 11.1 Å². The third kappa shape index (κ3) is 3.82. The van der Waals surface area contributed by atoms with Crippen LogP contribution in [-0.4, -0.2) is 18.5 Å². The molecule has 0 spiro atoms. The van der Waals surface area contributed by atoms with Gasteiger partial charge in [0.15, 0.2) is 0 Å². The van der Waals surface area contributed by atoms with Crippen LogP contribution in [0.5, 0.6) is 0 Å². The molecule has 0 saturated heterocycles. The van der Waals surface area contributed by atoms with E-state index in [2.05, 4.69) is 19.2 Å². The molecule has 0 bridgehead atoms. The maximum atomic E-state index is 11.9. The lowest BCUT2D eigenvalue weighted by atomic mass is 9.78. The van der Waals surface area contributed by atoms with Crippen LogP contribution >= 0.6 is 0 Å². The molecule has 1 amide bonds. The van der Waals surface area contributed by atoms with E-state index < -0.39 is 0 Å². The number of hydrogen-bond acceptors (Lipinski definition) is 2. The van der Waals surface area contributed by atoms with Crippen molar-refractivity contribution in [1.82, 2.24) is 5.32 Å². The number of hydrogen-bond donors (Lipinski definition) is 2. The minimum Gasteiger partial charge on any atom is -0.356 e. The van der Waals surface area contributed by atoms with Crippen LogP contribution in [0, 0.1) is 11.8 Å². The summed E-state index contributed by atoms with van der Waals surface area (Å²) in [6, 6.07) is 0.225. The van der Waals surface area contributed by atoms with Gasteiger partial charge in [-0.05, 0) is 31.6 Å². The molecule has 15 heavy (non-hydrogen) atoms. The second-order valence-corrected chi connectivity index (χ2v) is 4.80. The Balaban J connectivity index is 2.35. The highest BCUT2D eigenvalue weighted by atomic mass is 16.1. The number of carbonyl (C=O) groups excluding carboxylic acids is 1. The fourth-order valence-corrected chi connectivity index (χ4v) is 2.24. The van der Waals surface area contributed by atoms with E-state index in [0.29, 0.717) is 5.92 Å². The number of nitrogens with two attached hydrogens (primary N) is 1. The molecule has 0 heterocycles. The molecule has 1 fully saturated rings. The standard InChI is InChI=1S/C12H24N2O/c1-3-4-7-14-12(15)11-8-10(13)6-5-9(11)2/h9-11H,3-8,13H2,1-2H3,(H,14,15). The highest BCUT2D eigenvalue weighted by Gasteiger charge is 2.30. The molecule has 3 unspecified atom stereocenters. The van der Waals surface area contributed by atoms with E-state index in [1.807, 2.05) is 0 Å². The van der Waals surface area contributed by atoms with Crippen LogP contribution in [0.15, 0.2) is 0 Å². The van der Waals surface area contributed by atoms with Gasteiger partial charge in [0.25, 0.3) is 0 Å². The molecule has 3 N–H and O–H groups in total. The third-order valence-corrected chi connectivity index (χ3v) is 3.40. The minimum absolute atomic E-state index is 0.144. The second kappa shape index (κ2) is 6.11. The van der Waals surface area contributed by atoms with E-state index in [9.17, 15) is 4.79 Å². The van der Waals surface area contributed by atoms with Gasteiger partial charge in [-0.2, -0.15) is 0 Å². The SMILES string of the molecule is CCCCNC(=O)C1CC(N)CCC1C. The van der Waals surface area contributed by atoms with Crippen molar-refractivity contribution in [2.45, 2.75) is 52.0 Å². The zero-order chi connectivity index (χ0) is 11.3. The molecule has 0 aromatic carbocycles. The lowest BCUT2D eigenvalue weighted by molar-refractivity contribution is -0.127. The number of unbranched alkanes of at least 4 members (excludes halogenated alkanes) is 1. The van der Waals surface area contributed by atoms with Gasteiger partial charge in [0.2, 0.25) is 5.91 Å². The first-order chi connectivity index (χ1) is 7.15. The third-order valence-electron chi connectivity index (χ3n) is 3.40. The zero-order valence-corrected chi connectivity index (χ0v) is 9.96. The number of carbonyl (C=O) groups is 1.